The van der Waals surface area contributed by atoms with Gasteiger partial charge in [-0.05, 0) is 31.2 Å². The Labute approximate surface area is 161 Å². The van der Waals surface area contributed by atoms with Crippen molar-refractivity contribution in [3.63, 3.8) is 0 Å². The minimum absolute atomic E-state index is 0.000338. The van der Waals surface area contributed by atoms with Gasteiger partial charge < -0.3 is 0 Å². The first-order chi connectivity index (χ1) is 12.5. The van der Waals surface area contributed by atoms with Crippen molar-refractivity contribution in [1.82, 2.24) is 0 Å². The van der Waals surface area contributed by atoms with E-state index in [4.69, 9.17) is 4.99 Å². The normalized spacial score (nSPS) is 38.5. The highest BCUT2D eigenvalue weighted by Crippen LogP contribution is 2.25. The summed E-state index contributed by atoms with van der Waals surface area (Å²) in [5.41, 5.74) is 1.62. The minimum Gasteiger partial charge on any atom is -0.272 e. The van der Waals surface area contributed by atoms with Crippen LogP contribution >= 0.6 is 15.9 Å². The molecule has 1 atom stereocenters. The summed E-state index contributed by atoms with van der Waals surface area (Å²) in [6.07, 6.45) is 1.88. The van der Waals surface area contributed by atoms with Gasteiger partial charge in [0.25, 0.3) is 5.91 Å². The molecule has 5 aliphatic heterocycles. The second-order valence-corrected chi connectivity index (χ2v) is 9.07. The highest BCUT2D eigenvalue weighted by molar-refractivity contribution is 9.10. The predicted molar refractivity (Wildman–Crippen MR) is 102 cm³/mol. The quantitative estimate of drug-likeness (QED) is 0.454. The number of amides is 1. The van der Waals surface area contributed by atoms with Gasteiger partial charge in [-0.25, -0.2) is 14.7 Å². The van der Waals surface area contributed by atoms with Crippen LogP contribution in [0, 0.1) is 5.92 Å². The molecule has 1 amide bonds. The van der Waals surface area contributed by atoms with Gasteiger partial charge in [0, 0.05) is 10.7 Å². The van der Waals surface area contributed by atoms with Crippen LogP contribution in [0.1, 0.15) is 6.92 Å². The predicted octanol–water partition coefficient (Wildman–Crippen LogP) is -2.83. The number of carbonyl (C=O) groups is 1. The smallest absolute Gasteiger partial charge is 0.261 e. The van der Waals surface area contributed by atoms with E-state index in [0.29, 0.717) is 0 Å². The van der Waals surface area contributed by atoms with E-state index in [0.717, 1.165) is 35.5 Å². The van der Waals surface area contributed by atoms with E-state index >= 15 is 0 Å². The van der Waals surface area contributed by atoms with E-state index in [2.05, 4.69) is 21.0 Å². The van der Waals surface area contributed by atoms with Crippen molar-refractivity contribution in [2.75, 3.05) is 44.6 Å². The first-order valence-electron chi connectivity index (χ1n) is 9.22. The highest BCUT2D eigenvalue weighted by Gasteiger charge is 2.57. The van der Waals surface area contributed by atoms with E-state index in [1.54, 1.807) is 14.7 Å². The number of anilines is 1. The Morgan fingerprint density at radius 2 is 1.73 bits per heavy atom. The molecule has 0 unspecified atom stereocenters. The maximum Gasteiger partial charge on any atom is 0.261 e. The summed E-state index contributed by atoms with van der Waals surface area (Å²) in [6, 6.07) is 7.66. The van der Waals surface area contributed by atoms with Gasteiger partial charge >= 0.3 is 0 Å². The molecule has 0 saturated carbocycles. The maximum atomic E-state index is 12.9. The van der Waals surface area contributed by atoms with Gasteiger partial charge in [-0.1, -0.05) is 15.9 Å². The van der Waals surface area contributed by atoms with Crippen molar-refractivity contribution in [1.29, 1.82) is 0 Å². The summed E-state index contributed by atoms with van der Waals surface area (Å²) < 4.78 is 0.987. The van der Waals surface area contributed by atoms with Crippen LogP contribution in [-0.4, -0.2) is 63.0 Å². The summed E-state index contributed by atoms with van der Waals surface area (Å²) in [5, 5.41) is 6.00. The molecule has 136 valence electrons. The van der Waals surface area contributed by atoms with Crippen molar-refractivity contribution >= 4 is 39.5 Å². The summed E-state index contributed by atoms with van der Waals surface area (Å²) >= 11 is 3.43. The fraction of sp³-hybridized carbons (Fsp3) is 0.500. The number of benzene rings is 1. The third-order valence-electron chi connectivity index (χ3n) is 5.99. The van der Waals surface area contributed by atoms with Crippen LogP contribution in [0.2, 0.25) is 0 Å². The zero-order chi connectivity index (χ0) is 17.9. The number of aliphatic imine (C=N–C) groups is 1. The second-order valence-electron chi connectivity index (χ2n) is 8.16. The lowest BCUT2D eigenvalue weighted by Gasteiger charge is -2.50. The molecular formula is C18H24BrN6O+3. The summed E-state index contributed by atoms with van der Waals surface area (Å²) in [5.74, 6) is -0.349. The van der Waals surface area contributed by atoms with Crippen LogP contribution in [0.4, 0.5) is 5.69 Å². The number of nitrogens with zero attached hydrogens (tertiary/aromatic N) is 3. The number of hydrazone groups is 1. The molecule has 1 aromatic rings. The van der Waals surface area contributed by atoms with Crippen LogP contribution < -0.4 is 19.7 Å². The topological polar surface area (TPSA) is 58.3 Å². The van der Waals surface area contributed by atoms with E-state index in [1.807, 2.05) is 37.4 Å². The van der Waals surface area contributed by atoms with E-state index < -0.39 is 0 Å². The molecule has 0 radical (unpaired) electrons. The lowest BCUT2D eigenvalue weighted by molar-refractivity contribution is -1.29. The molecule has 5 heterocycles. The van der Waals surface area contributed by atoms with Crippen LogP contribution in [0.5, 0.6) is 0 Å². The van der Waals surface area contributed by atoms with Gasteiger partial charge in [0.15, 0.2) is 0 Å². The average molecular weight is 420 g/mol. The van der Waals surface area contributed by atoms with Crippen LogP contribution in [0.15, 0.2) is 38.8 Å². The Bertz CT molecular complexity index is 769. The Balaban J connectivity index is 1.36. The van der Waals surface area contributed by atoms with E-state index in [-0.39, 0.29) is 17.4 Å². The third-order valence-corrected chi connectivity index (χ3v) is 6.52. The standard InChI is InChI=1S/C18H21BrN6O/c1-13-16(17(26)25(21-13)15-4-2-14(19)3-5-15)6-20-18-7-22-10-23(8-18)12-24(9-18)11-22/h2-6,16H,7-12H2,1H3/p+3/t16-/m0/s1. The molecule has 1 aromatic carbocycles. The van der Waals surface area contributed by atoms with Gasteiger partial charge in [0.05, 0.1) is 11.4 Å². The number of halogens is 1. The van der Waals surface area contributed by atoms with E-state index in [1.165, 1.54) is 25.0 Å². The number of quaternary nitrogens is 3. The number of hydrogen-bond acceptors (Lipinski definition) is 3. The Morgan fingerprint density at radius 1 is 1.15 bits per heavy atom. The Morgan fingerprint density at radius 3 is 2.31 bits per heavy atom. The van der Waals surface area contributed by atoms with Crippen molar-refractivity contribution < 1.29 is 19.5 Å². The fourth-order valence-electron chi connectivity index (χ4n) is 5.09. The number of carbonyl (C=O) groups excluding carboxylic acids is 1. The van der Waals surface area contributed by atoms with Crippen molar-refractivity contribution in [3.05, 3.63) is 28.7 Å². The van der Waals surface area contributed by atoms with Gasteiger partial charge in [-0.2, -0.15) is 10.1 Å². The maximum absolute atomic E-state index is 12.9. The molecule has 0 aromatic heterocycles. The number of rotatable bonds is 3. The lowest BCUT2D eigenvalue weighted by atomic mass is 9.91. The van der Waals surface area contributed by atoms with E-state index in [9.17, 15) is 4.79 Å². The van der Waals surface area contributed by atoms with Crippen LogP contribution in [0.3, 0.4) is 0 Å². The molecule has 26 heavy (non-hydrogen) atoms. The van der Waals surface area contributed by atoms with Gasteiger partial charge in [0.1, 0.15) is 25.6 Å². The molecule has 5 aliphatic rings. The molecule has 4 saturated heterocycles. The van der Waals surface area contributed by atoms with Gasteiger partial charge in [0.2, 0.25) is 25.5 Å². The molecule has 7 nitrogen and oxygen atoms in total. The molecule has 8 heteroatoms. The first-order valence-corrected chi connectivity index (χ1v) is 10.0. The second kappa shape index (κ2) is 5.95. The first kappa shape index (κ1) is 16.6. The molecule has 0 aliphatic carbocycles. The van der Waals surface area contributed by atoms with Gasteiger partial charge in [-0.3, -0.25) is 9.79 Å². The number of nitrogens with one attached hydrogen (secondary N) is 3. The molecular weight excluding hydrogens is 396 g/mol. The van der Waals surface area contributed by atoms with Crippen molar-refractivity contribution in [3.8, 4) is 0 Å². The molecule has 3 N–H and O–H groups in total. The summed E-state index contributed by atoms with van der Waals surface area (Å²) in [4.78, 5) is 22.9. The summed E-state index contributed by atoms with van der Waals surface area (Å²) in [6.45, 7) is 8.90. The lowest BCUT2D eigenvalue weighted by Crippen LogP contribution is -3.56. The zero-order valence-electron chi connectivity index (χ0n) is 14.8. The Hall–Kier alpha value is -1.61. The molecule has 4 bridgehead atoms. The highest BCUT2D eigenvalue weighted by atomic mass is 79.9. The van der Waals surface area contributed by atoms with Crippen LogP contribution in [0.25, 0.3) is 0 Å². The zero-order valence-corrected chi connectivity index (χ0v) is 16.4. The van der Waals surface area contributed by atoms with Crippen LogP contribution in [-0.2, 0) is 4.79 Å². The average Bonchev–Trinajstić information content (AvgIpc) is 2.87. The number of hydrogen-bond donors (Lipinski definition) is 3. The Kier molecular flexibility index (Phi) is 3.79. The molecule has 6 rings (SSSR count). The van der Waals surface area contributed by atoms with Crippen molar-refractivity contribution in [2.45, 2.75) is 12.5 Å². The molecule has 4 fully saturated rings. The fourth-order valence-corrected chi connectivity index (χ4v) is 5.36. The summed E-state index contributed by atoms with van der Waals surface area (Å²) in [7, 11) is 0. The van der Waals surface area contributed by atoms with Gasteiger partial charge in [-0.15, -0.1) is 0 Å². The largest absolute Gasteiger partial charge is 0.272 e. The third kappa shape index (κ3) is 2.72. The minimum atomic E-state index is -0.341. The van der Waals surface area contributed by atoms with Crippen molar-refractivity contribution in [2.24, 2.45) is 16.0 Å². The SMILES string of the molecule is CC1=NN(c2ccc(Br)cc2)C(=O)[C@H]1C=NC12C[NH+]3C[NH+](C[NH+](C3)C1)C2. The molecule has 0 spiro atoms. The monoisotopic (exact) mass is 419 g/mol.